The number of hydrogen-bond acceptors (Lipinski definition) is 4. The number of aromatic nitrogens is 2. The van der Waals surface area contributed by atoms with Crippen LogP contribution in [0.15, 0.2) is 54.6 Å². The molecule has 0 aliphatic rings. The Labute approximate surface area is 208 Å². The average Bonchev–Trinajstić information content (AvgIpc) is 3.16. The van der Waals surface area contributed by atoms with Crippen molar-refractivity contribution in [3.05, 3.63) is 71.4 Å². The number of benzene rings is 2. The van der Waals surface area contributed by atoms with Gasteiger partial charge in [0.15, 0.2) is 0 Å². The van der Waals surface area contributed by atoms with E-state index in [0.717, 1.165) is 16.8 Å². The van der Waals surface area contributed by atoms with Crippen LogP contribution in [0, 0.1) is 6.92 Å². The van der Waals surface area contributed by atoms with Crippen LogP contribution in [-0.4, -0.2) is 26.2 Å². The maximum atomic E-state index is 12.3. The van der Waals surface area contributed by atoms with E-state index in [1.54, 1.807) is 10.7 Å². The summed E-state index contributed by atoms with van der Waals surface area (Å²) in [5.41, 5.74) is 3.20. The first-order valence-corrected chi connectivity index (χ1v) is 11.5. The molecule has 3 rings (SSSR count). The number of carbonyl (C=O) groups excluding carboxylic acids is 1. The highest BCUT2D eigenvalue weighted by molar-refractivity contribution is 6.67. The van der Waals surface area contributed by atoms with E-state index in [2.05, 4.69) is 10.4 Å². The molecule has 0 unspecified atom stereocenters. The Kier molecular flexibility index (Phi) is 7.83. The third-order valence-electron chi connectivity index (χ3n) is 4.73. The molecular formula is C24H26Cl3N3O3. The number of nitrogens with zero attached hydrogens (tertiary/aromatic N) is 2. The monoisotopic (exact) mass is 509 g/mol. The Bertz CT molecular complexity index is 1100. The Hall–Kier alpha value is -2.41. The van der Waals surface area contributed by atoms with Gasteiger partial charge in [0.2, 0.25) is 9.67 Å². The van der Waals surface area contributed by atoms with Gasteiger partial charge in [-0.3, -0.25) is 0 Å². The standard InChI is InChI=1S/C24H26Cl3N3O3/c1-16-10-11-18(12-19(16)32-14-17-8-6-5-7-9-17)30-21(13-20(29-30)23(2,3)4)33-22(31)28-15-24(25,26)27/h5-13H,14-15H2,1-4H3,(H,28,31). The topological polar surface area (TPSA) is 65.4 Å². The number of nitrogens with one attached hydrogen (secondary N) is 1. The van der Waals surface area contributed by atoms with Crippen molar-refractivity contribution in [1.82, 2.24) is 15.1 Å². The van der Waals surface area contributed by atoms with Gasteiger partial charge in [-0.25, -0.2) is 9.48 Å². The third kappa shape index (κ3) is 7.29. The largest absolute Gasteiger partial charge is 0.489 e. The van der Waals surface area contributed by atoms with Crippen LogP contribution in [0.25, 0.3) is 5.69 Å². The van der Waals surface area contributed by atoms with Crippen molar-refractivity contribution in [2.24, 2.45) is 0 Å². The minimum atomic E-state index is -1.63. The van der Waals surface area contributed by atoms with Crippen LogP contribution in [0.3, 0.4) is 0 Å². The van der Waals surface area contributed by atoms with E-state index in [0.29, 0.717) is 18.0 Å². The summed E-state index contributed by atoms with van der Waals surface area (Å²) in [6, 6.07) is 17.3. The lowest BCUT2D eigenvalue weighted by Gasteiger charge is -2.15. The fraction of sp³-hybridized carbons (Fsp3) is 0.333. The number of carbonyl (C=O) groups is 1. The van der Waals surface area contributed by atoms with Gasteiger partial charge in [0, 0.05) is 17.5 Å². The molecule has 1 aromatic heterocycles. The molecule has 2 aromatic carbocycles. The lowest BCUT2D eigenvalue weighted by Crippen LogP contribution is -2.34. The fourth-order valence-corrected chi connectivity index (χ4v) is 3.10. The Morgan fingerprint density at radius 2 is 1.76 bits per heavy atom. The van der Waals surface area contributed by atoms with Crippen molar-refractivity contribution >= 4 is 40.9 Å². The second-order valence-electron chi connectivity index (χ2n) is 8.61. The van der Waals surface area contributed by atoms with Crippen LogP contribution in [0.4, 0.5) is 4.79 Å². The summed E-state index contributed by atoms with van der Waals surface area (Å²) < 4.78 is 11.5. The van der Waals surface area contributed by atoms with E-state index >= 15 is 0 Å². The van der Waals surface area contributed by atoms with E-state index in [1.807, 2.05) is 76.2 Å². The van der Waals surface area contributed by atoms with Crippen molar-refractivity contribution in [3.63, 3.8) is 0 Å². The Morgan fingerprint density at radius 1 is 1.06 bits per heavy atom. The number of aryl methyl sites for hydroxylation is 1. The van der Waals surface area contributed by atoms with Crippen LogP contribution in [-0.2, 0) is 12.0 Å². The summed E-state index contributed by atoms with van der Waals surface area (Å²) in [7, 11) is 0. The van der Waals surface area contributed by atoms with Crippen molar-refractivity contribution in [2.75, 3.05) is 6.54 Å². The molecule has 9 heteroatoms. The molecule has 0 aliphatic heterocycles. The zero-order valence-electron chi connectivity index (χ0n) is 18.9. The van der Waals surface area contributed by atoms with E-state index in [-0.39, 0.29) is 17.8 Å². The number of alkyl halides is 3. The van der Waals surface area contributed by atoms with Crippen LogP contribution < -0.4 is 14.8 Å². The molecule has 33 heavy (non-hydrogen) atoms. The summed E-state index contributed by atoms with van der Waals surface area (Å²) in [6.45, 7) is 8.27. The fourth-order valence-electron chi connectivity index (χ4n) is 2.90. The first kappa shape index (κ1) is 25.2. The molecule has 6 nitrogen and oxygen atoms in total. The molecule has 3 aromatic rings. The molecule has 1 N–H and O–H groups in total. The van der Waals surface area contributed by atoms with Crippen molar-refractivity contribution < 1.29 is 14.3 Å². The Morgan fingerprint density at radius 3 is 2.39 bits per heavy atom. The van der Waals surface area contributed by atoms with Gasteiger partial charge in [-0.05, 0) is 24.1 Å². The molecule has 0 saturated heterocycles. The van der Waals surface area contributed by atoms with Gasteiger partial charge in [-0.2, -0.15) is 5.10 Å². The van der Waals surface area contributed by atoms with Crippen molar-refractivity contribution in [1.29, 1.82) is 0 Å². The van der Waals surface area contributed by atoms with E-state index < -0.39 is 9.89 Å². The highest BCUT2D eigenvalue weighted by Gasteiger charge is 2.25. The van der Waals surface area contributed by atoms with E-state index in [1.165, 1.54) is 0 Å². The van der Waals surface area contributed by atoms with Crippen LogP contribution >= 0.6 is 34.8 Å². The van der Waals surface area contributed by atoms with Gasteiger partial charge < -0.3 is 14.8 Å². The van der Waals surface area contributed by atoms with Gasteiger partial charge in [0.1, 0.15) is 12.4 Å². The van der Waals surface area contributed by atoms with E-state index in [9.17, 15) is 4.79 Å². The van der Waals surface area contributed by atoms with Gasteiger partial charge in [0.25, 0.3) is 0 Å². The maximum absolute atomic E-state index is 12.3. The van der Waals surface area contributed by atoms with Gasteiger partial charge >= 0.3 is 6.09 Å². The molecule has 0 aliphatic carbocycles. The minimum Gasteiger partial charge on any atom is -0.489 e. The maximum Gasteiger partial charge on any atom is 0.414 e. The Balaban J connectivity index is 1.89. The summed E-state index contributed by atoms with van der Waals surface area (Å²) in [6.07, 6.45) is -0.754. The molecule has 0 bridgehead atoms. The zero-order valence-corrected chi connectivity index (χ0v) is 21.1. The molecule has 0 saturated carbocycles. The molecule has 0 radical (unpaired) electrons. The SMILES string of the molecule is Cc1ccc(-n2nc(C(C)(C)C)cc2OC(=O)NCC(Cl)(Cl)Cl)cc1OCc1ccccc1. The number of rotatable bonds is 6. The summed E-state index contributed by atoms with van der Waals surface area (Å²) in [4.78, 5) is 12.3. The highest BCUT2D eigenvalue weighted by atomic mass is 35.6. The molecule has 0 fully saturated rings. The first-order valence-electron chi connectivity index (χ1n) is 10.3. The summed E-state index contributed by atoms with van der Waals surface area (Å²) >= 11 is 17.1. The second-order valence-corrected chi connectivity index (χ2v) is 11.1. The summed E-state index contributed by atoms with van der Waals surface area (Å²) in [5, 5.41) is 7.11. The molecule has 1 heterocycles. The van der Waals surface area contributed by atoms with Gasteiger partial charge in [0.05, 0.1) is 17.9 Å². The van der Waals surface area contributed by atoms with E-state index in [4.69, 9.17) is 44.3 Å². The van der Waals surface area contributed by atoms with Crippen LogP contribution in [0.2, 0.25) is 0 Å². The molecular weight excluding hydrogens is 485 g/mol. The molecule has 1 amide bonds. The number of halogens is 3. The van der Waals surface area contributed by atoms with Crippen molar-refractivity contribution in [3.8, 4) is 17.3 Å². The van der Waals surface area contributed by atoms with Crippen LogP contribution in [0.5, 0.6) is 11.6 Å². The zero-order chi connectivity index (χ0) is 24.2. The minimum absolute atomic E-state index is 0.196. The normalized spacial score (nSPS) is 11.8. The molecule has 176 valence electrons. The smallest absolute Gasteiger partial charge is 0.414 e. The number of hydrogen-bond donors (Lipinski definition) is 1. The highest BCUT2D eigenvalue weighted by Crippen LogP contribution is 2.30. The van der Waals surface area contributed by atoms with Gasteiger partial charge in [-0.15, -0.1) is 0 Å². The molecule has 0 atom stereocenters. The predicted molar refractivity (Wildman–Crippen MR) is 132 cm³/mol. The predicted octanol–water partition coefficient (Wildman–Crippen LogP) is 6.52. The third-order valence-corrected chi connectivity index (χ3v) is 5.13. The second kappa shape index (κ2) is 10.2. The quantitative estimate of drug-likeness (QED) is 0.384. The van der Waals surface area contributed by atoms with Gasteiger partial charge in [-0.1, -0.05) is 92.0 Å². The lowest BCUT2D eigenvalue weighted by molar-refractivity contribution is 0.197. The summed E-state index contributed by atoms with van der Waals surface area (Å²) in [5.74, 6) is 0.940. The lowest BCUT2D eigenvalue weighted by atomic mass is 9.93. The number of ether oxygens (including phenoxy) is 2. The average molecular weight is 511 g/mol. The molecule has 0 spiro atoms. The number of amides is 1. The van der Waals surface area contributed by atoms with Crippen LogP contribution in [0.1, 0.15) is 37.6 Å². The first-order chi connectivity index (χ1) is 15.4. The van der Waals surface area contributed by atoms with Crippen molar-refractivity contribution in [2.45, 2.75) is 43.5 Å².